The predicted octanol–water partition coefficient (Wildman–Crippen LogP) is 16.6. The van der Waals surface area contributed by atoms with Crippen LogP contribution in [0.1, 0.15) is 27.7 Å². The highest BCUT2D eigenvalue weighted by molar-refractivity contribution is 6.20. The molecule has 0 aliphatic carbocycles. The van der Waals surface area contributed by atoms with Gasteiger partial charge in [0.25, 0.3) is 0 Å². The summed E-state index contributed by atoms with van der Waals surface area (Å²) in [5, 5.41) is 9.77. The van der Waals surface area contributed by atoms with Crippen LogP contribution in [0.25, 0.3) is 121 Å². The van der Waals surface area contributed by atoms with Gasteiger partial charge in [-0.25, -0.2) is 0 Å². The third-order valence-electron chi connectivity index (χ3n) is 13.3. The summed E-state index contributed by atoms with van der Waals surface area (Å²) >= 11 is 0. The Hall–Kier alpha value is -8.74. The van der Waals surface area contributed by atoms with E-state index >= 15 is 0 Å². The number of fused-ring (bicyclic) bond motifs is 12. The van der Waals surface area contributed by atoms with E-state index in [1.54, 1.807) is 0 Å². The minimum absolute atomic E-state index is 0.500. The molecule has 69 heavy (non-hydrogen) atoms. The van der Waals surface area contributed by atoms with E-state index in [2.05, 4.69) is 240 Å². The van der Waals surface area contributed by atoms with Gasteiger partial charge in [-0.3, -0.25) is 9.97 Å². The van der Waals surface area contributed by atoms with E-state index in [0.717, 1.165) is 67.0 Å². The van der Waals surface area contributed by atoms with Gasteiger partial charge in [0, 0.05) is 78.0 Å². The van der Waals surface area contributed by atoms with Crippen molar-refractivity contribution in [3.63, 3.8) is 0 Å². The first-order valence-corrected chi connectivity index (χ1v) is 23.7. The Labute approximate surface area is 399 Å². The molecule has 14 aromatic rings. The summed E-state index contributed by atoms with van der Waals surface area (Å²) in [6.45, 7) is 8.75. The molecule has 6 nitrogen and oxygen atoms in total. The molecule has 6 heteroatoms. The van der Waals surface area contributed by atoms with Crippen LogP contribution in [0.4, 0.5) is 0 Å². The average molecular weight is 889 g/mol. The summed E-state index contributed by atoms with van der Waals surface area (Å²) in [5.74, 6) is 0. The zero-order valence-electron chi connectivity index (χ0n) is 39.0. The van der Waals surface area contributed by atoms with Crippen molar-refractivity contribution in [2.45, 2.75) is 27.7 Å². The first-order chi connectivity index (χ1) is 33.8. The molecule has 0 aliphatic rings. The normalized spacial score (nSPS) is 12.1. The van der Waals surface area contributed by atoms with Crippen molar-refractivity contribution in [2.24, 2.45) is 5.41 Å². The quantitative estimate of drug-likeness (QED) is 0.173. The minimum Gasteiger partial charge on any atom is -0.309 e. The molecule has 0 atom stereocenters. The molecule has 0 amide bonds. The fourth-order valence-corrected chi connectivity index (χ4v) is 10.5. The first-order valence-electron chi connectivity index (χ1n) is 23.7. The Balaban J connectivity index is 0.000000895. The van der Waals surface area contributed by atoms with Crippen LogP contribution < -0.4 is 0 Å². The topological polar surface area (TPSA) is 45.5 Å². The molecule has 0 saturated heterocycles. The van der Waals surface area contributed by atoms with E-state index in [1.165, 1.54) is 54.1 Å². The summed E-state index contributed by atoms with van der Waals surface area (Å²) in [4.78, 5) is 9.83. The fraction of sp³-hybridized carbons (Fsp3) is 0.0794. The molecular weight excluding hydrogens is 841 g/mol. The highest BCUT2D eigenvalue weighted by Gasteiger charge is 2.21. The summed E-state index contributed by atoms with van der Waals surface area (Å²) in [5.41, 5.74) is 16.0. The molecule has 0 fully saturated rings. The van der Waals surface area contributed by atoms with Crippen LogP contribution in [0.2, 0.25) is 0 Å². The SMILES string of the molecule is CC(C)(C)C.c1ccc(-n2c3ccccc3c3cc4c5ccccc5n(-c5cncc(-c6cncc(-n7c8ccccc8c8cc9c%10ccccc%10n(-c%10ccccc%10)c9cc87)c6)c5)c4cc32)cc1. The molecule has 330 valence electrons. The number of rotatable bonds is 5. The zero-order valence-corrected chi connectivity index (χ0v) is 39.0. The largest absolute Gasteiger partial charge is 0.309 e. The number of para-hydroxylation sites is 6. The van der Waals surface area contributed by atoms with Crippen LogP contribution >= 0.6 is 0 Å². The van der Waals surface area contributed by atoms with Gasteiger partial charge >= 0.3 is 0 Å². The lowest BCUT2D eigenvalue weighted by atomic mass is 10.0. The highest BCUT2D eigenvalue weighted by Crippen LogP contribution is 2.42. The molecule has 8 aromatic carbocycles. The van der Waals surface area contributed by atoms with Gasteiger partial charge in [0.15, 0.2) is 0 Å². The van der Waals surface area contributed by atoms with Crippen molar-refractivity contribution in [1.82, 2.24) is 28.2 Å². The summed E-state index contributed by atoms with van der Waals surface area (Å²) < 4.78 is 9.52. The fourth-order valence-electron chi connectivity index (χ4n) is 10.5. The molecule has 6 heterocycles. The molecule has 0 saturated carbocycles. The van der Waals surface area contributed by atoms with E-state index in [1.807, 2.05) is 24.8 Å². The maximum atomic E-state index is 4.92. The number of pyridine rings is 2. The molecule has 0 radical (unpaired) electrons. The monoisotopic (exact) mass is 888 g/mol. The molecular formula is C63H48N6. The maximum Gasteiger partial charge on any atom is 0.0651 e. The van der Waals surface area contributed by atoms with Gasteiger partial charge < -0.3 is 18.3 Å². The summed E-state index contributed by atoms with van der Waals surface area (Å²) in [6, 6.07) is 70.2. The number of benzene rings is 8. The van der Waals surface area contributed by atoms with E-state index in [0.29, 0.717) is 5.41 Å². The van der Waals surface area contributed by atoms with Crippen molar-refractivity contribution < 1.29 is 0 Å². The van der Waals surface area contributed by atoms with Crippen molar-refractivity contribution in [3.05, 3.63) is 219 Å². The Kier molecular flexibility index (Phi) is 9.21. The Bertz CT molecular complexity index is 4010. The first kappa shape index (κ1) is 40.5. The molecule has 0 N–H and O–H groups in total. The van der Waals surface area contributed by atoms with Crippen molar-refractivity contribution >= 4 is 87.2 Å². The third-order valence-corrected chi connectivity index (χ3v) is 13.3. The van der Waals surface area contributed by atoms with Crippen LogP contribution in [0, 0.1) is 5.41 Å². The molecule has 14 rings (SSSR count). The number of hydrogen-bond acceptors (Lipinski definition) is 2. The van der Waals surface area contributed by atoms with Crippen molar-refractivity contribution in [2.75, 3.05) is 0 Å². The van der Waals surface area contributed by atoms with Crippen molar-refractivity contribution in [3.8, 4) is 33.9 Å². The van der Waals surface area contributed by atoms with Gasteiger partial charge in [-0.1, -0.05) is 137 Å². The highest BCUT2D eigenvalue weighted by atomic mass is 15.0. The average Bonchev–Trinajstić information content (AvgIpc) is 4.09. The van der Waals surface area contributed by atoms with Gasteiger partial charge in [0.1, 0.15) is 0 Å². The summed E-state index contributed by atoms with van der Waals surface area (Å²) in [7, 11) is 0. The lowest BCUT2D eigenvalue weighted by Gasteiger charge is -2.12. The smallest absolute Gasteiger partial charge is 0.0651 e. The van der Waals surface area contributed by atoms with E-state index in [4.69, 9.17) is 9.97 Å². The van der Waals surface area contributed by atoms with Crippen LogP contribution in [0.5, 0.6) is 0 Å². The lowest BCUT2D eigenvalue weighted by molar-refractivity contribution is 0.469. The lowest BCUT2D eigenvalue weighted by Crippen LogP contribution is -1.98. The Morgan fingerprint density at radius 3 is 0.855 bits per heavy atom. The molecule has 0 bridgehead atoms. The number of nitrogens with zero attached hydrogens (tertiary/aromatic N) is 6. The molecule has 0 unspecified atom stereocenters. The second-order valence-corrected chi connectivity index (χ2v) is 19.7. The maximum absolute atomic E-state index is 4.92. The Morgan fingerprint density at radius 1 is 0.261 bits per heavy atom. The minimum atomic E-state index is 0.500. The van der Waals surface area contributed by atoms with E-state index < -0.39 is 0 Å². The summed E-state index contributed by atoms with van der Waals surface area (Å²) in [6.07, 6.45) is 7.87. The second-order valence-electron chi connectivity index (χ2n) is 19.7. The van der Waals surface area contributed by atoms with Crippen LogP contribution in [-0.2, 0) is 0 Å². The van der Waals surface area contributed by atoms with Gasteiger partial charge in [-0.2, -0.15) is 0 Å². The Morgan fingerprint density at radius 2 is 0.536 bits per heavy atom. The zero-order chi connectivity index (χ0) is 46.4. The van der Waals surface area contributed by atoms with Crippen LogP contribution in [0.15, 0.2) is 219 Å². The third kappa shape index (κ3) is 6.62. The van der Waals surface area contributed by atoms with Gasteiger partial charge in [-0.05, 0) is 90.3 Å². The molecule has 0 spiro atoms. The molecule has 6 aromatic heterocycles. The molecule has 0 aliphatic heterocycles. The van der Waals surface area contributed by atoms with Crippen LogP contribution in [-0.4, -0.2) is 28.2 Å². The van der Waals surface area contributed by atoms with Gasteiger partial charge in [-0.15, -0.1) is 0 Å². The van der Waals surface area contributed by atoms with Gasteiger partial charge in [0.05, 0.1) is 67.9 Å². The van der Waals surface area contributed by atoms with E-state index in [-0.39, 0.29) is 0 Å². The predicted molar refractivity (Wildman–Crippen MR) is 290 cm³/mol. The van der Waals surface area contributed by atoms with Gasteiger partial charge in [0.2, 0.25) is 0 Å². The van der Waals surface area contributed by atoms with E-state index in [9.17, 15) is 0 Å². The second kappa shape index (κ2) is 15.7. The standard InChI is InChI=1S/C58H36N6.C5H12/c1-3-15-39(16-4-1)61-51-23-11-7-19-43(51)47-29-49-45-21-9-13-25-53(45)63(57(49)31-55(47)61)41-27-37(33-59-35-41)38-28-42(36-60-34-38)64-54-26-14-10-22-46(54)50-30-48-44-20-8-12-24-52(44)62(56(48)32-58(50)64)40-17-5-2-6-18-40;1-5(2,3)4/h1-36H;1-4H3. The van der Waals surface area contributed by atoms with Crippen molar-refractivity contribution in [1.29, 1.82) is 0 Å². The number of hydrogen-bond donors (Lipinski definition) is 0. The number of aromatic nitrogens is 6. The van der Waals surface area contributed by atoms with Crippen LogP contribution in [0.3, 0.4) is 0 Å².